The fourth-order valence-electron chi connectivity index (χ4n) is 2.28. The quantitative estimate of drug-likeness (QED) is 0.528. The molecule has 4 aromatic rings. The third kappa shape index (κ3) is 3.42. The lowest BCUT2D eigenvalue weighted by atomic mass is 10.2. The number of halogens is 1. The van der Waals surface area contributed by atoms with Gasteiger partial charge in [0.15, 0.2) is 5.76 Å². The van der Waals surface area contributed by atoms with Gasteiger partial charge < -0.3 is 13.7 Å². The molecule has 0 aliphatic carbocycles. The second-order valence-corrected chi connectivity index (χ2v) is 5.30. The summed E-state index contributed by atoms with van der Waals surface area (Å²) in [6.45, 7) is 0.214. The highest BCUT2D eigenvalue weighted by Crippen LogP contribution is 2.24. The van der Waals surface area contributed by atoms with Crippen LogP contribution in [0.5, 0.6) is 5.75 Å². The molecule has 25 heavy (non-hydrogen) atoms. The molecule has 2 heterocycles. The Labute approximate surface area is 142 Å². The minimum absolute atomic E-state index is 0.214. The average Bonchev–Trinajstić information content (AvgIpc) is 3.31. The molecule has 0 N–H and O–H groups in total. The third-order valence-corrected chi connectivity index (χ3v) is 3.53. The van der Waals surface area contributed by atoms with Crippen LogP contribution in [-0.4, -0.2) is 10.1 Å². The minimum Gasteiger partial charge on any atom is -0.486 e. The van der Waals surface area contributed by atoms with Crippen LogP contribution in [0.2, 0.25) is 0 Å². The van der Waals surface area contributed by atoms with Crippen LogP contribution in [0.1, 0.15) is 5.76 Å². The number of hydrogen-bond acceptors (Lipinski definition) is 5. The lowest BCUT2D eigenvalue weighted by molar-refractivity contribution is 0.270. The van der Waals surface area contributed by atoms with Gasteiger partial charge in [-0.3, -0.25) is 0 Å². The second-order valence-electron chi connectivity index (χ2n) is 5.30. The molecule has 4 rings (SSSR count). The number of aromatic nitrogens is 2. The van der Waals surface area contributed by atoms with E-state index in [0.29, 0.717) is 29.0 Å². The van der Waals surface area contributed by atoms with Crippen molar-refractivity contribution in [3.05, 3.63) is 78.3 Å². The zero-order chi connectivity index (χ0) is 17.1. The maximum atomic E-state index is 12.9. The fraction of sp³-hybridized carbons (Fsp3) is 0.0526. The summed E-state index contributed by atoms with van der Waals surface area (Å²) in [6, 6.07) is 18.8. The van der Waals surface area contributed by atoms with E-state index in [-0.39, 0.29) is 12.4 Å². The lowest BCUT2D eigenvalue weighted by Gasteiger charge is -2.03. The van der Waals surface area contributed by atoms with Gasteiger partial charge in [0, 0.05) is 5.56 Å². The lowest BCUT2D eigenvalue weighted by Crippen LogP contribution is -1.93. The number of furan rings is 1. The van der Waals surface area contributed by atoms with Gasteiger partial charge in [-0.05, 0) is 36.4 Å². The largest absolute Gasteiger partial charge is 0.486 e. The normalized spacial score (nSPS) is 10.8. The van der Waals surface area contributed by atoms with Gasteiger partial charge in [-0.25, -0.2) is 4.39 Å². The Bertz CT molecular complexity index is 962. The summed E-state index contributed by atoms with van der Waals surface area (Å²) >= 11 is 0. The topological polar surface area (TPSA) is 61.3 Å². The molecule has 0 radical (unpaired) electrons. The molecule has 124 valence electrons. The van der Waals surface area contributed by atoms with Crippen LogP contribution in [-0.2, 0) is 6.61 Å². The summed E-state index contributed by atoms with van der Waals surface area (Å²) < 4.78 is 29.3. The Morgan fingerprint density at radius 1 is 0.920 bits per heavy atom. The Morgan fingerprint density at radius 2 is 1.72 bits per heavy atom. The van der Waals surface area contributed by atoms with Crippen LogP contribution in [0.25, 0.3) is 23.0 Å². The first-order valence-electron chi connectivity index (χ1n) is 7.64. The van der Waals surface area contributed by atoms with Crippen LogP contribution in [0.4, 0.5) is 4.39 Å². The molecular formula is C19H13FN2O3. The summed E-state index contributed by atoms with van der Waals surface area (Å²) in [5.74, 6) is 2.11. The second kappa shape index (κ2) is 6.60. The molecule has 0 aliphatic heterocycles. The first-order chi connectivity index (χ1) is 12.3. The van der Waals surface area contributed by atoms with Gasteiger partial charge in [0.2, 0.25) is 5.82 Å². The molecule has 0 saturated heterocycles. The molecule has 5 nitrogen and oxygen atoms in total. The number of hydrogen-bond donors (Lipinski definition) is 0. The Hall–Kier alpha value is -3.41. The Kier molecular flexibility index (Phi) is 4.00. The average molecular weight is 336 g/mol. The van der Waals surface area contributed by atoms with Crippen molar-refractivity contribution in [3.63, 3.8) is 0 Å². The van der Waals surface area contributed by atoms with Gasteiger partial charge >= 0.3 is 0 Å². The van der Waals surface area contributed by atoms with E-state index in [0.717, 1.165) is 5.56 Å². The number of ether oxygens (including phenoxy) is 1. The molecule has 0 amide bonds. The maximum Gasteiger partial charge on any atom is 0.293 e. The molecular weight excluding hydrogens is 323 g/mol. The van der Waals surface area contributed by atoms with E-state index in [2.05, 4.69) is 10.1 Å². The number of nitrogens with zero attached hydrogens (tertiary/aromatic N) is 2. The van der Waals surface area contributed by atoms with E-state index < -0.39 is 0 Å². The monoisotopic (exact) mass is 336 g/mol. The van der Waals surface area contributed by atoms with Crippen molar-refractivity contribution < 1.29 is 18.1 Å². The maximum absolute atomic E-state index is 12.9. The standard InChI is InChI=1S/C19H13FN2O3/c20-14-6-8-15(9-7-14)23-12-16-10-11-17(24-16)19-21-18(22-25-19)13-4-2-1-3-5-13/h1-11H,12H2. The van der Waals surface area contributed by atoms with Crippen molar-refractivity contribution in [1.82, 2.24) is 10.1 Å². The highest BCUT2D eigenvalue weighted by atomic mass is 19.1. The summed E-state index contributed by atoms with van der Waals surface area (Å²) in [4.78, 5) is 4.34. The molecule has 0 aliphatic rings. The molecule has 0 atom stereocenters. The first kappa shape index (κ1) is 15.1. The summed E-state index contributed by atoms with van der Waals surface area (Å²) in [5, 5.41) is 3.96. The molecule has 2 aromatic heterocycles. The van der Waals surface area contributed by atoms with Gasteiger partial charge in [-0.15, -0.1) is 0 Å². The summed E-state index contributed by atoms with van der Waals surface area (Å²) in [7, 11) is 0. The Balaban J connectivity index is 1.46. The van der Waals surface area contributed by atoms with Gasteiger partial charge in [0.1, 0.15) is 23.9 Å². The predicted molar refractivity (Wildman–Crippen MR) is 88.2 cm³/mol. The summed E-state index contributed by atoms with van der Waals surface area (Å²) in [6.07, 6.45) is 0. The van der Waals surface area contributed by atoms with E-state index in [4.69, 9.17) is 13.7 Å². The smallest absolute Gasteiger partial charge is 0.293 e. The first-order valence-corrected chi connectivity index (χ1v) is 7.64. The Morgan fingerprint density at radius 3 is 2.52 bits per heavy atom. The van der Waals surface area contributed by atoms with Crippen LogP contribution < -0.4 is 4.74 Å². The van der Waals surface area contributed by atoms with Crippen LogP contribution in [0, 0.1) is 5.82 Å². The van der Waals surface area contributed by atoms with Gasteiger partial charge in [0.25, 0.3) is 5.89 Å². The van der Waals surface area contributed by atoms with Gasteiger partial charge in [-0.1, -0.05) is 35.5 Å². The van der Waals surface area contributed by atoms with E-state index >= 15 is 0 Å². The zero-order valence-corrected chi connectivity index (χ0v) is 13.1. The third-order valence-electron chi connectivity index (χ3n) is 3.53. The number of rotatable bonds is 5. The molecule has 0 fully saturated rings. The highest BCUT2D eigenvalue weighted by molar-refractivity contribution is 5.57. The zero-order valence-electron chi connectivity index (χ0n) is 13.1. The van der Waals surface area contributed by atoms with Gasteiger partial charge in [0.05, 0.1) is 0 Å². The molecule has 0 saturated carbocycles. The van der Waals surface area contributed by atoms with Crippen molar-refractivity contribution in [2.75, 3.05) is 0 Å². The molecule has 0 unspecified atom stereocenters. The van der Waals surface area contributed by atoms with Crippen molar-refractivity contribution in [2.45, 2.75) is 6.61 Å². The fourth-order valence-corrected chi connectivity index (χ4v) is 2.28. The van der Waals surface area contributed by atoms with Crippen LogP contribution in [0.15, 0.2) is 75.7 Å². The van der Waals surface area contributed by atoms with Gasteiger partial charge in [-0.2, -0.15) is 4.98 Å². The minimum atomic E-state index is -0.307. The van der Waals surface area contributed by atoms with E-state index in [1.54, 1.807) is 24.3 Å². The van der Waals surface area contributed by atoms with E-state index in [1.165, 1.54) is 12.1 Å². The number of benzene rings is 2. The summed E-state index contributed by atoms with van der Waals surface area (Å²) in [5.41, 5.74) is 0.865. The predicted octanol–water partition coefficient (Wildman–Crippen LogP) is 4.71. The highest BCUT2D eigenvalue weighted by Gasteiger charge is 2.14. The van der Waals surface area contributed by atoms with Crippen LogP contribution in [0.3, 0.4) is 0 Å². The molecule has 0 spiro atoms. The van der Waals surface area contributed by atoms with Crippen molar-refractivity contribution in [1.29, 1.82) is 0 Å². The SMILES string of the molecule is Fc1ccc(OCc2ccc(-c3nc(-c4ccccc4)no3)o2)cc1. The van der Waals surface area contributed by atoms with E-state index in [9.17, 15) is 4.39 Å². The van der Waals surface area contributed by atoms with Crippen molar-refractivity contribution >= 4 is 0 Å². The molecule has 2 aromatic carbocycles. The van der Waals surface area contributed by atoms with Crippen LogP contribution >= 0.6 is 0 Å². The molecule has 0 bridgehead atoms. The van der Waals surface area contributed by atoms with Crippen molar-refractivity contribution in [3.8, 4) is 28.8 Å². The van der Waals surface area contributed by atoms with E-state index in [1.807, 2.05) is 30.3 Å². The van der Waals surface area contributed by atoms with Crippen molar-refractivity contribution in [2.24, 2.45) is 0 Å². The molecule has 6 heteroatoms.